The van der Waals surface area contributed by atoms with Crippen LogP contribution >= 0.6 is 0 Å². The molecule has 1 aliphatic heterocycles. The first-order valence-corrected chi connectivity index (χ1v) is 4.36. The van der Waals surface area contributed by atoms with Gasteiger partial charge in [0.25, 0.3) is 0 Å². The van der Waals surface area contributed by atoms with Gasteiger partial charge >= 0.3 is 5.79 Å². The maximum atomic E-state index is 10.7. The fourth-order valence-corrected chi connectivity index (χ4v) is 1.12. The largest absolute Gasteiger partial charge is 0.705 e. The molecule has 0 atom stereocenters. The van der Waals surface area contributed by atoms with E-state index in [9.17, 15) is 30.3 Å². The second-order valence-corrected chi connectivity index (χ2v) is 3.21. The number of hydrogen-bond donors (Lipinski definition) is 3. The quantitative estimate of drug-likeness (QED) is 0.202. The van der Waals surface area contributed by atoms with Gasteiger partial charge in [-0.25, -0.2) is 5.84 Å². The summed E-state index contributed by atoms with van der Waals surface area (Å²) in [7, 11) is 0. The molecule has 0 unspecified atom stereocenters. The van der Waals surface area contributed by atoms with Crippen molar-refractivity contribution in [3.63, 3.8) is 0 Å². The number of amidine groups is 1. The van der Waals surface area contributed by atoms with Crippen LogP contribution in [0.1, 0.15) is 6.42 Å². The molecule has 0 saturated heterocycles. The molecule has 0 aliphatic carbocycles. The van der Waals surface area contributed by atoms with Crippen molar-refractivity contribution in [2.75, 3.05) is 0 Å². The zero-order valence-electron chi connectivity index (χ0n) is 8.99. The molecule has 0 aromatic rings. The SMILES string of the molecule is NC1=NNN(N)N=C1CC([N+](=O)[O-])([N+](=O)[O-])[N+](=O)[O-]. The van der Waals surface area contributed by atoms with Crippen molar-refractivity contribution in [3.05, 3.63) is 30.3 Å². The van der Waals surface area contributed by atoms with E-state index in [1.54, 1.807) is 0 Å². The summed E-state index contributed by atoms with van der Waals surface area (Å²) in [6, 6.07) is 0. The Morgan fingerprint density at radius 2 is 1.68 bits per heavy atom. The van der Waals surface area contributed by atoms with E-state index in [1.165, 1.54) is 0 Å². The van der Waals surface area contributed by atoms with E-state index < -0.39 is 38.5 Å². The minimum atomic E-state index is -3.71. The molecule has 15 heteroatoms. The summed E-state index contributed by atoms with van der Waals surface area (Å²) >= 11 is 0. The van der Waals surface area contributed by atoms with Gasteiger partial charge in [-0.15, -0.1) is 15.4 Å². The number of hydrazine groups is 2. The third kappa shape index (κ3) is 2.29. The Labute approximate surface area is 102 Å². The minimum absolute atomic E-state index is 0.441. The summed E-state index contributed by atoms with van der Waals surface area (Å²) in [5.74, 6) is 0.897. The highest BCUT2D eigenvalue weighted by Crippen LogP contribution is 2.19. The summed E-state index contributed by atoms with van der Waals surface area (Å²) in [5, 5.41) is 39.2. The molecule has 19 heavy (non-hydrogen) atoms. The molecular formula is C4H7N9O6. The van der Waals surface area contributed by atoms with Crippen LogP contribution in [0.3, 0.4) is 0 Å². The average Bonchev–Trinajstić information content (AvgIpc) is 2.28. The standard InChI is InChI=1S/C4H7N9O6/c5-3-2(8-13(6)9-7-3)1-4(10(14)15,11(16)17)12(18)19/h9H,1,6H2,(H2,5,7). The third-order valence-electron chi connectivity index (χ3n) is 2.08. The number of hydrogen-bond acceptors (Lipinski definition) is 12. The molecule has 15 nitrogen and oxygen atoms in total. The Bertz CT molecular complexity index is 461. The molecule has 5 N–H and O–H groups in total. The highest BCUT2D eigenvalue weighted by Gasteiger charge is 2.71. The second kappa shape index (κ2) is 4.64. The van der Waals surface area contributed by atoms with Crippen LogP contribution in [0.5, 0.6) is 0 Å². The predicted octanol–water partition coefficient (Wildman–Crippen LogP) is -2.82. The lowest BCUT2D eigenvalue weighted by atomic mass is 10.1. The van der Waals surface area contributed by atoms with Gasteiger partial charge in [0.15, 0.2) is 20.6 Å². The van der Waals surface area contributed by atoms with Gasteiger partial charge in [0.05, 0.1) is 0 Å². The van der Waals surface area contributed by atoms with E-state index >= 15 is 0 Å². The molecule has 0 radical (unpaired) electrons. The van der Waals surface area contributed by atoms with Crippen molar-refractivity contribution in [2.45, 2.75) is 12.2 Å². The molecule has 1 heterocycles. The lowest BCUT2D eigenvalue weighted by Gasteiger charge is -2.18. The fourth-order valence-electron chi connectivity index (χ4n) is 1.12. The van der Waals surface area contributed by atoms with Gasteiger partial charge < -0.3 is 5.73 Å². The first kappa shape index (κ1) is 14.0. The van der Waals surface area contributed by atoms with Crippen molar-refractivity contribution in [3.8, 4) is 0 Å². The minimum Gasteiger partial charge on any atom is -0.381 e. The van der Waals surface area contributed by atoms with Gasteiger partial charge in [0.2, 0.25) is 6.42 Å². The van der Waals surface area contributed by atoms with Gasteiger partial charge in [0.1, 0.15) is 5.71 Å². The van der Waals surface area contributed by atoms with Crippen LogP contribution in [0.15, 0.2) is 10.2 Å². The summed E-state index contributed by atoms with van der Waals surface area (Å²) in [6.07, 6.45) is -1.31. The van der Waals surface area contributed by atoms with Crippen LogP contribution < -0.4 is 17.1 Å². The monoisotopic (exact) mass is 277 g/mol. The Morgan fingerprint density at radius 3 is 2.11 bits per heavy atom. The van der Waals surface area contributed by atoms with Crippen LogP contribution in [0.4, 0.5) is 0 Å². The Kier molecular flexibility index (Phi) is 3.41. The number of rotatable bonds is 5. The topological polar surface area (TPSA) is 221 Å². The molecular weight excluding hydrogens is 270 g/mol. The van der Waals surface area contributed by atoms with Gasteiger partial charge in [-0.3, -0.25) is 30.3 Å². The maximum absolute atomic E-state index is 10.7. The molecule has 0 spiro atoms. The number of nitro groups is 3. The summed E-state index contributed by atoms with van der Waals surface area (Å²) in [6.45, 7) is 0. The molecule has 0 aromatic carbocycles. The predicted molar refractivity (Wildman–Crippen MR) is 56.6 cm³/mol. The molecule has 104 valence electrons. The zero-order valence-corrected chi connectivity index (χ0v) is 8.99. The van der Waals surface area contributed by atoms with E-state index in [1.807, 2.05) is 5.53 Å². The van der Waals surface area contributed by atoms with Crippen molar-refractivity contribution in [1.29, 1.82) is 0 Å². The van der Waals surface area contributed by atoms with Crippen molar-refractivity contribution in [2.24, 2.45) is 21.8 Å². The smallest absolute Gasteiger partial charge is 0.381 e. The molecule has 0 amide bonds. The highest BCUT2D eigenvalue weighted by molar-refractivity contribution is 6.41. The van der Waals surface area contributed by atoms with Crippen LogP contribution in [0, 0.1) is 30.3 Å². The Morgan fingerprint density at radius 1 is 1.21 bits per heavy atom. The summed E-state index contributed by atoms with van der Waals surface area (Å²) in [4.78, 5) is 27.1. The number of nitrogens with two attached hydrogens (primary N) is 2. The van der Waals surface area contributed by atoms with E-state index in [4.69, 9.17) is 11.6 Å². The van der Waals surface area contributed by atoms with Crippen molar-refractivity contribution >= 4 is 11.5 Å². The average molecular weight is 277 g/mol. The fraction of sp³-hybridized carbons (Fsp3) is 0.500. The van der Waals surface area contributed by atoms with Crippen LogP contribution in [-0.2, 0) is 0 Å². The molecule has 0 saturated carbocycles. The number of hydrazone groups is 2. The van der Waals surface area contributed by atoms with Crippen molar-refractivity contribution in [1.82, 2.24) is 10.8 Å². The van der Waals surface area contributed by atoms with E-state index in [0.717, 1.165) is 0 Å². The molecule has 0 aromatic heterocycles. The highest BCUT2D eigenvalue weighted by atomic mass is 16.7. The lowest BCUT2D eigenvalue weighted by Crippen LogP contribution is -2.57. The van der Waals surface area contributed by atoms with Gasteiger partial charge in [-0.1, -0.05) is 0 Å². The molecule has 0 fully saturated rings. The molecule has 1 aliphatic rings. The van der Waals surface area contributed by atoms with Gasteiger partial charge in [0, 0.05) is 0 Å². The van der Waals surface area contributed by atoms with Crippen LogP contribution in [0.25, 0.3) is 0 Å². The van der Waals surface area contributed by atoms with Crippen LogP contribution in [0.2, 0.25) is 0 Å². The Balaban J connectivity index is 3.23. The Hall–Kier alpha value is -3.10. The normalized spacial score (nSPS) is 15.1. The first-order chi connectivity index (χ1) is 8.71. The molecule has 1 rings (SSSR count). The number of nitrogens with zero attached hydrogens (tertiary/aromatic N) is 6. The van der Waals surface area contributed by atoms with Crippen LogP contribution in [-0.4, -0.2) is 37.3 Å². The molecule has 0 bridgehead atoms. The van der Waals surface area contributed by atoms with Gasteiger partial charge in [-0.2, -0.15) is 5.53 Å². The first-order valence-electron chi connectivity index (χ1n) is 4.36. The van der Waals surface area contributed by atoms with Gasteiger partial charge in [-0.05, 0) is 0 Å². The third-order valence-corrected chi connectivity index (χ3v) is 2.08. The van der Waals surface area contributed by atoms with Crippen molar-refractivity contribution < 1.29 is 14.8 Å². The maximum Gasteiger partial charge on any atom is 0.705 e. The zero-order chi connectivity index (χ0) is 14.8. The van der Waals surface area contributed by atoms with E-state index in [0.29, 0.717) is 5.23 Å². The summed E-state index contributed by atoms with van der Waals surface area (Å²) in [5.41, 5.74) is 6.70. The van der Waals surface area contributed by atoms with E-state index in [2.05, 4.69) is 10.2 Å². The lowest BCUT2D eigenvalue weighted by molar-refractivity contribution is -0.968. The second-order valence-electron chi connectivity index (χ2n) is 3.21. The summed E-state index contributed by atoms with van der Waals surface area (Å²) < 4.78 is 0. The van der Waals surface area contributed by atoms with E-state index in [-0.39, 0.29) is 0 Å². The number of nitrogens with one attached hydrogen (secondary N) is 1.